The van der Waals surface area contributed by atoms with Crippen LogP contribution in [0, 0.1) is 39.9 Å². The molecule has 5 rings (SSSR count). The number of aliphatic hydroxyl groups is 2. The third kappa shape index (κ3) is 3.26. The predicted octanol–water partition coefficient (Wildman–Crippen LogP) is 4.04. The first-order chi connectivity index (χ1) is 16.8. The fourth-order valence-corrected chi connectivity index (χ4v) is 8.56. The summed E-state index contributed by atoms with van der Waals surface area (Å²) >= 11 is 0. The van der Waals surface area contributed by atoms with Crippen molar-refractivity contribution < 1.29 is 29.3 Å². The minimum atomic E-state index is -1.78. The second-order valence-electron chi connectivity index (χ2n) is 12.8. The van der Waals surface area contributed by atoms with Crippen LogP contribution >= 0.6 is 0 Å². The Hall–Kier alpha value is -2.02. The van der Waals surface area contributed by atoms with Gasteiger partial charge in [0.15, 0.2) is 5.78 Å². The van der Waals surface area contributed by atoms with Crippen LogP contribution in [-0.2, 0) is 19.1 Å². The molecule has 2 N–H and O–H groups in total. The highest BCUT2D eigenvalue weighted by Crippen LogP contribution is 2.73. The van der Waals surface area contributed by atoms with Gasteiger partial charge in [-0.15, -0.1) is 0 Å². The van der Waals surface area contributed by atoms with E-state index >= 15 is 0 Å². The lowest BCUT2D eigenvalue weighted by molar-refractivity contribution is -0.233. The Morgan fingerprint density at radius 2 is 1.78 bits per heavy atom. The highest BCUT2D eigenvalue weighted by molar-refractivity contribution is 5.96. The van der Waals surface area contributed by atoms with Gasteiger partial charge in [0.25, 0.3) is 0 Å². The number of hydrogen-bond donors (Lipinski definition) is 2. The highest BCUT2D eigenvalue weighted by atomic mass is 16.5. The van der Waals surface area contributed by atoms with Gasteiger partial charge in [-0.25, -0.2) is 4.79 Å². The van der Waals surface area contributed by atoms with Crippen LogP contribution in [0.1, 0.15) is 59.4 Å². The summed E-state index contributed by atoms with van der Waals surface area (Å²) in [6.07, 6.45) is 2.54. The van der Waals surface area contributed by atoms with Gasteiger partial charge in [-0.05, 0) is 61.0 Å². The average Bonchev–Trinajstić information content (AvgIpc) is 3.31. The Morgan fingerprint density at radius 3 is 2.42 bits per heavy atom. The lowest BCUT2D eigenvalue weighted by atomic mass is 9.46. The molecule has 3 unspecified atom stereocenters. The van der Waals surface area contributed by atoms with Crippen LogP contribution in [0.4, 0.5) is 0 Å². The molecule has 4 saturated carbocycles. The molecule has 0 radical (unpaired) electrons. The molecule has 1 aromatic rings. The minimum Gasteiger partial charge on any atom is -0.458 e. The van der Waals surface area contributed by atoms with Crippen molar-refractivity contribution >= 4 is 17.8 Å². The van der Waals surface area contributed by atoms with Gasteiger partial charge in [0.2, 0.25) is 0 Å². The topological polar surface area (TPSA) is 93.1 Å². The number of aliphatic hydroxyl groups excluding tert-OH is 1. The number of ether oxygens (including phenoxy) is 2. The van der Waals surface area contributed by atoms with E-state index in [9.17, 15) is 19.8 Å². The molecule has 0 aromatic heterocycles. The molecule has 0 spiro atoms. The normalized spacial score (nSPS) is 47.0. The van der Waals surface area contributed by atoms with Crippen molar-refractivity contribution in [1.29, 1.82) is 0 Å². The minimum absolute atomic E-state index is 0.0574. The summed E-state index contributed by atoms with van der Waals surface area (Å²) in [5, 5.41) is 24.0. The van der Waals surface area contributed by atoms with Gasteiger partial charge < -0.3 is 19.7 Å². The third-order valence-electron chi connectivity index (χ3n) is 10.9. The zero-order chi connectivity index (χ0) is 26.3. The fraction of sp³-hybridized carbons (Fsp3) is 0.667. The SMILES string of the molecule is CO[C@@H]1C2C(CC[C@@]3(C)[C@H](O)C4[C@@H](OC(=O)/C=C/c5ccccc5)[C@@H](C)C[C@]4(O)C(=O)[C@@]13C)C2(C)C. The van der Waals surface area contributed by atoms with Gasteiger partial charge in [0.05, 0.1) is 23.5 Å². The summed E-state index contributed by atoms with van der Waals surface area (Å²) in [5.74, 6) is -1.38. The van der Waals surface area contributed by atoms with Crippen molar-refractivity contribution in [3.8, 4) is 0 Å². The van der Waals surface area contributed by atoms with E-state index in [0.717, 1.165) is 12.0 Å². The Labute approximate surface area is 214 Å². The van der Waals surface area contributed by atoms with Gasteiger partial charge in [-0.3, -0.25) is 4.79 Å². The van der Waals surface area contributed by atoms with Gasteiger partial charge in [-0.1, -0.05) is 58.0 Å². The smallest absolute Gasteiger partial charge is 0.331 e. The summed E-state index contributed by atoms with van der Waals surface area (Å²) in [7, 11) is 1.64. The van der Waals surface area contributed by atoms with Gasteiger partial charge >= 0.3 is 5.97 Å². The van der Waals surface area contributed by atoms with Crippen molar-refractivity contribution in [3.63, 3.8) is 0 Å². The Bertz CT molecular complexity index is 1080. The number of hydrogen-bond acceptors (Lipinski definition) is 6. The van der Waals surface area contributed by atoms with Crippen molar-refractivity contribution in [1.82, 2.24) is 0 Å². The highest BCUT2D eigenvalue weighted by Gasteiger charge is 2.79. The van der Waals surface area contributed by atoms with Crippen LogP contribution in [0.3, 0.4) is 0 Å². The van der Waals surface area contributed by atoms with E-state index in [4.69, 9.17) is 9.47 Å². The fourth-order valence-electron chi connectivity index (χ4n) is 8.56. The molecule has 0 bridgehead atoms. The molecule has 0 heterocycles. The summed E-state index contributed by atoms with van der Waals surface area (Å²) < 4.78 is 11.9. The molecule has 10 atom stereocenters. The zero-order valence-corrected chi connectivity index (χ0v) is 22.2. The molecule has 196 valence electrons. The monoisotopic (exact) mass is 496 g/mol. The molecule has 4 aliphatic carbocycles. The Kier molecular flexibility index (Phi) is 5.86. The van der Waals surface area contributed by atoms with E-state index in [1.165, 1.54) is 6.08 Å². The van der Waals surface area contributed by atoms with E-state index < -0.39 is 46.6 Å². The van der Waals surface area contributed by atoms with Crippen molar-refractivity contribution in [2.75, 3.05) is 7.11 Å². The molecule has 1 aromatic carbocycles. The average molecular weight is 497 g/mol. The zero-order valence-electron chi connectivity index (χ0n) is 22.2. The molecule has 4 fully saturated rings. The van der Waals surface area contributed by atoms with Gasteiger partial charge in [-0.2, -0.15) is 0 Å². The Morgan fingerprint density at radius 1 is 1.11 bits per heavy atom. The first-order valence-electron chi connectivity index (χ1n) is 13.3. The lowest BCUT2D eigenvalue weighted by Crippen LogP contribution is -2.72. The maximum absolute atomic E-state index is 14.4. The summed E-state index contributed by atoms with van der Waals surface area (Å²) in [4.78, 5) is 27.2. The molecule has 0 amide bonds. The van der Waals surface area contributed by atoms with E-state index in [0.29, 0.717) is 12.3 Å². The van der Waals surface area contributed by atoms with Gasteiger partial charge in [0, 0.05) is 18.6 Å². The van der Waals surface area contributed by atoms with Gasteiger partial charge in [0.1, 0.15) is 11.7 Å². The molecule has 36 heavy (non-hydrogen) atoms. The van der Waals surface area contributed by atoms with Crippen LogP contribution in [0.5, 0.6) is 0 Å². The van der Waals surface area contributed by atoms with Crippen molar-refractivity contribution in [2.45, 2.75) is 77.8 Å². The number of methoxy groups -OCH3 is 1. The quantitative estimate of drug-likeness (QED) is 0.483. The lowest BCUT2D eigenvalue weighted by Gasteiger charge is -2.60. The van der Waals surface area contributed by atoms with Crippen molar-refractivity contribution in [2.24, 2.45) is 39.9 Å². The first kappa shape index (κ1) is 25.6. The number of ketones is 1. The molecule has 6 nitrogen and oxygen atoms in total. The molecule has 0 saturated heterocycles. The number of carbonyl (C=O) groups excluding carboxylic acids is 2. The number of benzene rings is 1. The number of Topliss-reactive ketones (excluding diaryl/α,β-unsaturated/α-hetero) is 1. The maximum atomic E-state index is 14.4. The molecule has 4 aliphatic rings. The van der Waals surface area contributed by atoms with Crippen LogP contribution in [0.15, 0.2) is 36.4 Å². The van der Waals surface area contributed by atoms with E-state index in [-0.39, 0.29) is 29.5 Å². The second kappa shape index (κ2) is 8.24. The maximum Gasteiger partial charge on any atom is 0.331 e. The first-order valence-corrected chi connectivity index (χ1v) is 13.3. The van der Waals surface area contributed by atoms with Crippen LogP contribution in [-0.4, -0.2) is 53.0 Å². The predicted molar refractivity (Wildman–Crippen MR) is 136 cm³/mol. The summed E-state index contributed by atoms with van der Waals surface area (Å²) in [5.41, 5.74) is -2.74. The Balaban J connectivity index is 1.48. The standard InChI is InChI=1S/C30H40O6/c1-17-16-30(34)22(23(17)36-20(31)13-12-18-10-8-7-9-11-18)24(32)28(4)15-14-19-21(27(19,2)3)25(35-6)29(28,5)26(30)33/h7-13,17,19,21-25,32,34H,14-16H2,1-6H3/b13-12+/t17-,19?,21?,22?,23-,24+,25+,28-,29+,30+/m0/s1. The second-order valence-corrected chi connectivity index (χ2v) is 12.8. The molecule has 0 aliphatic heterocycles. The van der Waals surface area contributed by atoms with Crippen molar-refractivity contribution in [3.05, 3.63) is 42.0 Å². The molecular weight excluding hydrogens is 456 g/mol. The largest absolute Gasteiger partial charge is 0.458 e. The van der Waals surface area contributed by atoms with E-state index in [2.05, 4.69) is 13.8 Å². The number of rotatable bonds is 4. The summed E-state index contributed by atoms with van der Waals surface area (Å²) in [6.45, 7) is 10.2. The molecular formula is C30H40O6. The molecule has 6 heteroatoms. The number of esters is 1. The third-order valence-corrected chi connectivity index (χ3v) is 10.9. The van der Waals surface area contributed by atoms with Crippen LogP contribution in [0.2, 0.25) is 0 Å². The van der Waals surface area contributed by atoms with Crippen LogP contribution in [0.25, 0.3) is 6.08 Å². The summed E-state index contributed by atoms with van der Waals surface area (Å²) in [6, 6.07) is 9.44. The van der Waals surface area contributed by atoms with Crippen LogP contribution < -0.4 is 0 Å². The number of carbonyl (C=O) groups is 2. The number of fused-ring (bicyclic) bond motifs is 3. The van der Waals surface area contributed by atoms with E-state index in [1.54, 1.807) is 13.2 Å². The van der Waals surface area contributed by atoms with E-state index in [1.807, 2.05) is 51.1 Å².